The fraction of sp³-hybridized carbons (Fsp3) is 0.250. The first kappa shape index (κ1) is 8.00. The quantitative estimate of drug-likeness (QED) is 0.706. The predicted molar refractivity (Wildman–Crippen MR) is 48.3 cm³/mol. The summed E-state index contributed by atoms with van der Waals surface area (Å²) in [5.41, 5.74) is 7.70. The minimum absolute atomic E-state index is 0.0302. The van der Waals surface area contributed by atoms with Gasteiger partial charge in [-0.15, -0.1) is 0 Å². The van der Waals surface area contributed by atoms with E-state index in [4.69, 9.17) is 5.73 Å². The molecule has 0 aliphatic carbocycles. The lowest BCUT2D eigenvalue weighted by atomic mass is 10.2. The Labute approximate surface area is 75.6 Å². The summed E-state index contributed by atoms with van der Waals surface area (Å²) in [6.45, 7) is 1.92. The first-order valence-electron chi connectivity index (χ1n) is 4.06. The molecule has 0 bridgehead atoms. The van der Waals surface area contributed by atoms with Gasteiger partial charge in [0, 0.05) is 12.2 Å². The second kappa shape index (κ2) is 3.02. The number of rotatable bonds is 2. The number of imidazole rings is 1. The van der Waals surface area contributed by atoms with E-state index in [1.165, 1.54) is 0 Å². The van der Waals surface area contributed by atoms with Gasteiger partial charge in [-0.3, -0.25) is 9.67 Å². The molecule has 0 spiro atoms. The van der Waals surface area contributed by atoms with E-state index in [0.717, 1.165) is 11.4 Å². The van der Waals surface area contributed by atoms with Crippen LogP contribution in [-0.2, 0) is 0 Å². The smallest absolute Gasteiger partial charge is 0.0995 e. The molecule has 2 aromatic heterocycles. The summed E-state index contributed by atoms with van der Waals surface area (Å²) in [5.74, 6) is 0. The summed E-state index contributed by atoms with van der Waals surface area (Å²) in [6.07, 6.45) is 7.02. The third kappa shape index (κ3) is 1.33. The van der Waals surface area contributed by atoms with Crippen LogP contribution in [0.4, 0.5) is 0 Å². The summed E-state index contributed by atoms with van der Waals surface area (Å²) < 4.78 is 1.91. The highest BCUT2D eigenvalue weighted by molar-refractivity contribution is 5.28. The molecule has 0 saturated carbocycles. The summed E-state index contributed by atoms with van der Waals surface area (Å²) in [7, 11) is 0. The van der Waals surface area contributed by atoms with Crippen molar-refractivity contribution in [1.29, 1.82) is 0 Å². The summed E-state index contributed by atoms with van der Waals surface area (Å²) >= 11 is 0. The average molecular weight is 177 g/mol. The number of nitrogens with zero attached hydrogens (tertiary/aromatic N) is 3. The fourth-order valence-electron chi connectivity index (χ4n) is 1.23. The maximum Gasteiger partial charge on any atom is 0.0995 e. The van der Waals surface area contributed by atoms with E-state index in [9.17, 15) is 0 Å². The second-order valence-electron chi connectivity index (χ2n) is 2.93. The van der Waals surface area contributed by atoms with Crippen molar-refractivity contribution < 1.29 is 0 Å². The van der Waals surface area contributed by atoms with Gasteiger partial charge >= 0.3 is 0 Å². The van der Waals surface area contributed by atoms with E-state index >= 15 is 0 Å². The molecule has 1 atom stereocenters. The zero-order valence-corrected chi connectivity index (χ0v) is 7.31. The molecule has 0 radical (unpaired) electrons. The van der Waals surface area contributed by atoms with Gasteiger partial charge in [0.2, 0.25) is 0 Å². The Balaban J connectivity index is 2.46. The monoisotopic (exact) mass is 177 g/mol. The van der Waals surface area contributed by atoms with E-state index in [-0.39, 0.29) is 6.04 Å². The average Bonchev–Trinajstić information content (AvgIpc) is 2.74. The van der Waals surface area contributed by atoms with Gasteiger partial charge in [-0.2, -0.15) is 5.10 Å². The highest BCUT2D eigenvalue weighted by Crippen LogP contribution is 2.13. The van der Waals surface area contributed by atoms with Crippen LogP contribution in [0, 0.1) is 0 Å². The third-order valence-corrected chi connectivity index (χ3v) is 1.90. The fourth-order valence-corrected chi connectivity index (χ4v) is 1.23. The molecule has 1 unspecified atom stereocenters. The predicted octanol–water partition coefficient (Wildman–Crippen LogP) is 0.615. The zero-order valence-electron chi connectivity index (χ0n) is 7.31. The van der Waals surface area contributed by atoms with Crippen LogP contribution in [0.5, 0.6) is 0 Å². The van der Waals surface area contributed by atoms with Crippen LogP contribution in [0.3, 0.4) is 0 Å². The molecule has 0 aliphatic heterocycles. The van der Waals surface area contributed by atoms with E-state index in [1.807, 2.05) is 11.5 Å². The standard InChI is InChI=1S/C8H11N5/c1-6(9)8-4-10-5-13(8)7-2-11-12-3-7/h2-6H,9H2,1H3,(H,11,12). The van der Waals surface area contributed by atoms with Gasteiger partial charge in [-0.25, -0.2) is 4.98 Å². The third-order valence-electron chi connectivity index (χ3n) is 1.90. The molecule has 2 aromatic rings. The minimum atomic E-state index is -0.0302. The molecule has 5 nitrogen and oxygen atoms in total. The Morgan fingerprint density at radius 1 is 1.54 bits per heavy atom. The first-order valence-corrected chi connectivity index (χ1v) is 4.06. The Kier molecular flexibility index (Phi) is 1.86. The maximum absolute atomic E-state index is 5.77. The van der Waals surface area contributed by atoms with Crippen molar-refractivity contribution in [1.82, 2.24) is 19.7 Å². The number of nitrogens with one attached hydrogen (secondary N) is 1. The van der Waals surface area contributed by atoms with Crippen LogP contribution in [0.25, 0.3) is 5.69 Å². The van der Waals surface area contributed by atoms with Gasteiger partial charge in [0.05, 0.1) is 30.1 Å². The number of H-pyrrole nitrogens is 1. The molecule has 13 heavy (non-hydrogen) atoms. The van der Waals surface area contributed by atoms with Crippen LogP contribution in [-0.4, -0.2) is 19.7 Å². The number of nitrogens with two attached hydrogens (primary N) is 1. The van der Waals surface area contributed by atoms with Crippen LogP contribution in [0.15, 0.2) is 24.9 Å². The number of hydrogen-bond donors (Lipinski definition) is 2. The largest absolute Gasteiger partial charge is 0.323 e. The van der Waals surface area contributed by atoms with Gasteiger partial charge < -0.3 is 5.73 Å². The van der Waals surface area contributed by atoms with Crippen LogP contribution < -0.4 is 5.73 Å². The van der Waals surface area contributed by atoms with Gasteiger partial charge in [0.25, 0.3) is 0 Å². The molecule has 2 rings (SSSR count). The minimum Gasteiger partial charge on any atom is -0.323 e. The zero-order chi connectivity index (χ0) is 9.26. The Morgan fingerprint density at radius 3 is 3.00 bits per heavy atom. The molecule has 68 valence electrons. The van der Waals surface area contributed by atoms with Crippen molar-refractivity contribution in [3.8, 4) is 5.69 Å². The van der Waals surface area contributed by atoms with Gasteiger partial charge in [-0.1, -0.05) is 0 Å². The molecule has 0 aliphatic rings. The number of aromatic amines is 1. The molecule has 2 heterocycles. The molecule has 0 amide bonds. The van der Waals surface area contributed by atoms with E-state index in [1.54, 1.807) is 24.9 Å². The first-order chi connectivity index (χ1) is 6.29. The molecule has 3 N–H and O–H groups in total. The molecule has 0 aromatic carbocycles. The van der Waals surface area contributed by atoms with Gasteiger partial charge in [-0.05, 0) is 6.92 Å². The van der Waals surface area contributed by atoms with Crippen LogP contribution in [0.2, 0.25) is 0 Å². The lowest BCUT2D eigenvalue weighted by molar-refractivity contribution is 0.752. The van der Waals surface area contributed by atoms with E-state index < -0.39 is 0 Å². The number of aromatic nitrogens is 4. The summed E-state index contributed by atoms with van der Waals surface area (Å²) in [6, 6.07) is -0.0302. The number of hydrogen-bond acceptors (Lipinski definition) is 3. The van der Waals surface area contributed by atoms with Crippen molar-refractivity contribution in [2.45, 2.75) is 13.0 Å². The summed E-state index contributed by atoms with van der Waals surface area (Å²) in [5, 5.41) is 6.61. The Bertz CT molecular complexity index is 373. The Hall–Kier alpha value is -1.62. The van der Waals surface area contributed by atoms with Crippen molar-refractivity contribution in [2.24, 2.45) is 5.73 Å². The molecule has 0 fully saturated rings. The molecular formula is C8H11N5. The Morgan fingerprint density at radius 2 is 2.38 bits per heavy atom. The lowest BCUT2D eigenvalue weighted by Gasteiger charge is -2.07. The normalized spacial score (nSPS) is 13.1. The maximum atomic E-state index is 5.77. The van der Waals surface area contributed by atoms with Crippen LogP contribution in [0.1, 0.15) is 18.7 Å². The second-order valence-corrected chi connectivity index (χ2v) is 2.93. The van der Waals surface area contributed by atoms with Crippen molar-refractivity contribution in [3.63, 3.8) is 0 Å². The van der Waals surface area contributed by atoms with Crippen LogP contribution >= 0.6 is 0 Å². The molecule has 5 heteroatoms. The van der Waals surface area contributed by atoms with Gasteiger partial charge in [0.1, 0.15) is 0 Å². The van der Waals surface area contributed by atoms with Gasteiger partial charge in [0.15, 0.2) is 0 Å². The van der Waals surface area contributed by atoms with Crippen molar-refractivity contribution >= 4 is 0 Å². The van der Waals surface area contributed by atoms with E-state index in [0.29, 0.717) is 0 Å². The SMILES string of the molecule is CC(N)c1cncn1-c1cn[nH]c1. The highest BCUT2D eigenvalue weighted by Gasteiger charge is 2.08. The summed E-state index contributed by atoms with van der Waals surface area (Å²) in [4.78, 5) is 4.04. The van der Waals surface area contributed by atoms with Crippen molar-refractivity contribution in [3.05, 3.63) is 30.6 Å². The highest BCUT2D eigenvalue weighted by atomic mass is 15.2. The molecular weight excluding hydrogens is 166 g/mol. The van der Waals surface area contributed by atoms with Crippen molar-refractivity contribution in [2.75, 3.05) is 0 Å². The lowest BCUT2D eigenvalue weighted by Crippen LogP contribution is -2.10. The van der Waals surface area contributed by atoms with E-state index in [2.05, 4.69) is 15.2 Å². The topological polar surface area (TPSA) is 72.5 Å². The molecule has 0 saturated heterocycles.